The van der Waals surface area contributed by atoms with E-state index in [1.54, 1.807) is 22.9 Å². The Hall–Kier alpha value is -3.23. The number of hydrogen-bond acceptors (Lipinski definition) is 7. The number of nitrogens with one attached hydrogen (secondary N) is 1. The summed E-state index contributed by atoms with van der Waals surface area (Å²) in [5.41, 5.74) is 1.76. The van der Waals surface area contributed by atoms with Gasteiger partial charge in [0.25, 0.3) is 11.5 Å². The topological polar surface area (TPSA) is 108 Å². The standard InChI is InChI=1S/C19H22N6O3/c1-11-16(28-10-21-11)18(27)25-6-4-5-12(9-25)14-7-15-13(17(26)22-14)8-20-19(23-15)24(2)3/h7-8,10,12H,4-6,9H2,1-3H3,(H,22,26). The van der Waals surface area contributed by atoms with Gasteiger partial charge >= 0.3 is 0 Å². The van der Waals surface area contributed by atoms with Crippen molar-refractivity contribution in [3.05, 3.63) is 46.2 Å². The van der Waals surface area contributed by atoms with Crippen molar-refractivity contribution in [1.82, 2.24) is 24.8 Å². The number of aromatic nitrogens is 4. The van der Waals surface area contributed by atoms with Crippen LogP contribution in [0.5, 0.6) is 0 Å². The van der Waals surface area contributed by atoms with Gasteiger partial charge in [0.05, 0.1) is 16.6 Å². The highest BCUT2D eigenvalue weighted by Gasteiger charge is 2.29. The van der Waals surface area contributed by atoms with E-state index < -0.39 is 0 Å². The molecule has 1 amide bonds. The number of rotatable bonds is 3. The van der Waals surface area contributed by atoms with Crippen LogP contribution in [0.1, 0.15) is 40.7 Å². The molecule has 146 valence electrons. The Balaban J connectivity index is 1.64. The number of oxazole rings is 1. The molecule has 0 radical (unpaired) electrons. The molecule has 0 spiro atoms. The van der Waals surface area contributed by atoms with Crippen molar-refractivity contribution in [3.8, 4) is 0 Å². The number of fused-ring (bicyclic) bond motifs is 1. The maximum atomic E-state index is 12.8. The van der Waals surface area contributed by atoms with Crippen LogP contribution in [0.4, 0.5) is 5.95 Å². The molecule has 1 N–H and O–H groups in total. The highest BCUT2D eigenvalue weighted by atomic mass is 16.3. The molecule has 1 atom stereocenters. The normalized spacial score (nSPS) is 17.1. The summed E-state index contributed by atoms with van der Waals surface area (Å²) in [5, 5.41) is 0.454. The summed E-state index contributed by atoms with van der Waals surface area (Å²) in [7, 11) is 3.71. The molecule has 0 aliphatic carbocycles. The van der Waals surface area contributed by atoms with Crippen LogP contribution < -0.4 is 10.5 Å². The highest BCUT2D eigenvalue weighted by Crippen LogP contribution is 2.27. The van der Waals surface area contributed by atoms with Gasteiger partial charge in [-0.3, -0.25) is 9.59 Å². The van der Waals surface area contributed by atoms with Gasteiger partial charge in [-0.1, -0.05) is 0 Å². The van der Waals surface area contributed by atoms with E-state index in [9.17, 15) is 9.59 Å². The fourth-order valence-corrected chi connectivity index (χ4v) is 3.55. The summed E-state index contributed by atoms with van der Waals surface area (Å²) in [6.07, 6.45) is 4.55. The van der Waals surface area contributed by atoms with Crippen molar-refractivity contribution in [1.29, 1.82) is 0 Å². The van der Waals surface area contributed by atoms with Gasteiger partial charge in [-0.15, -0.1) is 0 Å². The van der Waals surface area contributed by atoms with Crippen molar-refractivity contribution >= 4 is 22.8 Å². The third kappa shape index (κ3) is 3.23. The molecule has 4 rings (SSSR count). The van der Waals surface area contributed by atoms with Crippen LogP contribution in [0.25, 0.3) is 10.9 Å². The molecule has 0 aromatic carbocycles. The zero-order valence-electron chi connectivity index (χ0n) is 16.1. The largest absolute Gasteiger partial charge is 0.438 e. The molecule has 1 aliphatic rings. The molecule has 1 fully saturated rings. The van der Waals surface area contributed by atoms with Crippen LogP contribution in [-0.4, -0.2) is 57.9 Å². The first-order valence-electron chi connectivity index (χ1n) is 9.20. The van der Waals surface area contributed by atoms with Gasteiger partial charge < -0.3 is 19.2 Å². The van der Waals surface area contributed by atoms with E-state index in [4.69, 9.17) is 4.42 Å². The predicted octanol–water partition coefficient (Wildman–Crippen LogP) is 1.70. The molecule has 3 aromatic heterocycles. The van der Waals surface area contributed by atoms with E-state index in [0.717, 1.165) is 18.5 Å². The Bertz CT molecular complexity index is 1090. The Morgan fingerprint density at radius 3 is 2.89 bits per heavy atom. The summed E-state index contributed by atoms with van der Waals surface area (Å²) in [6.45, 7) is 2.91. The van der Waals surface area contributed by atoms with E-state index in [0.29, 0.717) is 35.6 Å². The summed E-state index contributed by atoms with van der Waals surface area (Å²) in [6, 6.07) is 1.89. The van der Waals surface area contributed by atoms with E-state index >= 15 is 0 Å². The fraction of sp³-hybridized carbons (Fsp3) is 0.421. The summed E-state index contributed by atoms with van der Waals surface area (Å²) in [4.78, 5) is 44.5. The van der Waals surface area contributed by atoms with Crippen LogP contribution in [-0.2, 0) is 0 Å². The number of hydrogen-bond donors (Lipinski definition) is 1. The summed E-state index contributed by atoms with van der Waals surface area (Å²) in [5.74, 6) is 0.678. The lowest BCUT2D eigenvalue weighted by Crippen LogP contribution is -2.39. The van der Waals surface area contributed by atoms with Crippen molar-refractivity contribution in [2.75, 3.05) is 32.1 Å². The van der Waals surface area contributed by atoms with Crippen LogP contribution in [0, 0.1) is 6.92 Å². The molecule has 9 nitrogen and oxygen atoms in total. The Morgan fingerprint density at radius 1 is 1.36 bits per heavy atom. The molecular weight excluding hydrogens is 360 g/mol. The quantitative estimate of drug-likeness (QED) is 0.734. The number of aryl methyl sites for hydroxylation is 1. The zero-order chi connectivity index (χ0) is 19.8. The van der Waals surface area contributed by atoms with Crippen molar-refractivity contribution < 1.29 is 9.21 Å². The molecule has 1 unspecified atom stereocenters. The van der Waals surface area contributed by atoms with Gasteiger partial charge in [0.2, 0.25) is 11.7 Å². The smallest absolute Gasteiger partial charge is 0.291 e. The third-order valence-corrected chi connectivity index (χ3v) is 5.09. The monoisotopic (exact) mass is 382 g/mol. The molecule has 28 heavy (non-hydrogen) atoms. The molecular formula is C19H22N6O3. The summed E-state index contributed by atoms with van der Waals surface area (Å²) < 4.78 is 5.25. The second kappa shape index (κ2) is 7.06. The number of carbonyl (C=O) groups is 1. The number of carbonyl (C=O) groups excluding carboxylic acids is 1. The lowest BCUT2D eigenvalue weighted by Gasteiger charge is -2.32. The van der Waals surface area contributed by atoms with Gasteiger partial charge in [0, 0.05) is 45.0 Å². The number of aromatic amines is 1. The van der Waals surface area contributed by atoms with E-state index in [2.05, 4.69) is 19.9 Å². The fourth-order valence-electron chi connectivity index (χ4n) is 3.55. The van der Waals surface area contributed by atoms with Crippen molar-refractivity contribution in [2.45, 2.75) is 25.7 Å². The Morgan fingerprint density at radius 2 is 2.18 bits per heavy atom. The first kappa shape index (κ1) is 18.1. The first-order chi connectivity index (χ1) is 13.4. The average molecular weight is 382 g/mol. The van der Waals surface area contributed by atoms with Crippen LogP contribution in [0.3, 0.4) is 0 Å². The molecule has 1 saturated heterocycles. The number of nitrogens with zero attached hydrogens (tertiary/aromatic N) is 5. The molecule has 0 saturated carbocycles. The minimum absolute atomic E-state index is 0.0239. The molecule has 1 aliphatic heterocycles. The minimum atomic E-state index is -0.215. The van der Waals surface area contributed by atoms with Crippen LogP contribution in [0.2, 0.25) is 0 Å². The Labute approximate surface area is 161 Å². The number of piperidine rings is 1. The number of H-pyrrole nitrogens is 1. The molecule has 3 aromatic rings. The second-order valence-electron chi connectivity index (χ2n) is 7.27. The maximum absolute atomic E-state index is 12.8. The van der Waals surface area contributed by atoms with Crippen molar-refractivity contribution in [2.24, 2.45) is 0 Å². The number of amides is 1. The Kier molecular flexibility index (Phi) is 4.58. The first-order valence-corrected chi connectivity index (χ1v) is 9.20. The lowest BCUT2D eigenvalue weighted by molar-refractivity contribution is 0.0672. The van der Waals surface area contributed by atoms with E-state index in [1.807, 2.05) is 20.2 Å². The van der Waals surface area contributed by atoms with Crippen LogP contribution in [0.15, 0.2) is 27.9 Å². The SMILES string of the molecule is Cc1ncoc1C(=O)N1CCCC(c2cc3nc(N(C)C)ncc3c(=O)[nH]2)C1. The number of pyridine rings is 1. The number of likely N-dealkylation sites (tertiary alicyclic amines) is 1. The van der Waals surface area contributed by atoms with Gasteiger partial charge in [0.15, 0.2) is 6.39 Å². The van der Waals surface area contributed by atoms with E-state index in [1.165, 1.54) is 6.39 Å². The van der Waals surface area contributed by atoms with Crippen LogP contribution >= 0.6 is 0 Å². The minimum Gasteiger partial charge on any atom is -0.438 e. The number of anilines is 1. The summed E-state index contributed by atoms with van der Waals surface area (Å²) >= 11 is 0. The van der Waals surface area contributed by atoms with Gasteiger partial charge in [-0.25, -0.2) is 15.0 Å². The molecule has 9 heteroatoms. The van der Waals surface area contributed by atoms with Crippen molar-refractivity contribution in [3.63, 3.8) is 0 Å². The van der Waals surface area contributed by atoms with Gasteiger partial charge in [-0.05, 0) is 25.8 Å². The van der Waals surface area contributed by atoms with E-state index in [-0.39, 0.29) is 23.1 Å². The molecule has 4 heterocycles. The second-order valence-corrected chi connectivity index (χ2v) is 7.27. The predicted molar refractivity (Wildman–Crippen MR) is 104 cm³/mol. The average Bonchev–Trinajstić information content (AvgIpc) is 3.12. The highest BCUT2D eigenvalue weighted by molar-refractivity contribution is 5.92. The zero-order valence-corrected chi connectivity index (χ0v) is 16.1. The molecule has 0 bridgehead atoms. The third-order valence-electron chi connectivity index (χ3n) is 5.09. The van der Waals surface area contributed by atoms with Gasteiger partial charge in [-0.2, -0.15) is 0 Å². The lowest BCUT2D eigenvalue weighted by atomic mass is 9.93. The van der Waals surface area contributed by atoms with Gasteiger partial charge in [0.1, 0.15) is 0 Å². The maximum Gasteiger partial charge on any atom is 0.291 e.